The van der Waals surface area contributed by atoms with Gasteiger partial charge in [-0.05, 0) is 30.7 Å². The maximum absolute atomic E-state index is 5.81. The van der Waals surface area contributed by atoms with E-state index >= 15 is 0 Å². The summed E-state index contributed by atoms with van der Waals surface area (Å²) in [6.07, 6.45) is 0. The van der Waals surface area contributed by atoms with Gasteiger partial charge in [-0.3, -0.25) is 0 Å². The number of hydrogen-bond acceptors (Lipinski definition) is 4. The second-order valence-corrected chi connectivity index (χ2v) is 4.30. The molecule has 19 heavy (non-hydrogen) atoms. The molecule has 0 aliphatic carbocycles. The Bertz CT molecular complexity index is 542. The summed E-state index contributed by atoms with van der Waals surface area (Å²) in [6, 6.07) is 13.7. The van der Waals surface area contributed by atoms with E-state index in [2.05, 4.69) is 22.9 Å². The molecule has 0 atom stereocenters. The highest BCUT2D eigenvalue weighted by Crippen LogP contribution is 2.18. The zero-order valence-corrected chi connectivity index (χ0v) is 11.3. The van der Waals surface area contributed by atoms with Gasteiger partial charge in [-0.1, -0.05) is 18.2 Å². The number of aromatic nitrogens is 1. The van der Waals surface area contributed by atoms with Crippen molar-refractivity contribution in [1.82, 2.24) is 4.98 Å². The molecular formula is C15H19N3O. The first-order valence-corrected chi connectivity index (χ1v) is 6.33. The molecule has 0 aliphatic heterocycles. The highest BCUT2D eigenvalue weighted by Gasteiger charge is 2.08. The summed E-state index contributed by atoms with van der Waals surface area (Å²) in [5, 5.41) is 0. The van der Waals surface area contributed by atoms with E-state index in [4.69, 9.17) is 10.5 Å². The van der Waals surface area contributed by atoms with Gasteiger partial charge in [0.05, 0.1) is 7.11 Å². The predicted molar refractivity (Wildman–Crippen MR) is 78.4 cm³/mol. The molecule has 0 unspecified atom stereocenters. The van der Waals surface area contributed by atoms with Crippen LogP contribution < -0.4 is 15.4 Å². The van der Waals surface area contributed by atoms with Crippen LogP contribution in [0, 0.1) is 0 Å². The van der Waals surface area contributed by atoms with E-state index < -0.39 is 0 Å². The van der Waals surface area contributed by atoms with Crippen LogP contribution in [0.1, 0.15) is 12.5 Å². The lowest BCUT2D eigenvalue weighted by atomic mass is 10.2. The van der Waals surface area contributed by atoms with Crippen molar-refractivity contribution in [2.45, 2.75) is 13.5 Å². The fourth-order valence-corrected chi connectivity index (χ4v) is 1.96. The molecule has 0 saturated heterocycles. The molecule has 0 amide bonds. The Morgan fingerprint density at radius 3 is 2.68 bits per heavy atom. The molecule has 1 heterocycles. The maximum Gasteiger partial charge on any atom is 0.214 e. The molecule has 0 saturated carbocycles. The summed E-state index contributed by atoms with van der Waals surface area (Å²) >= 11 is 0. The molecule has 2 aromatic rings. The van der Waals surface area contributed by atoms with Gasteiger partial charge in [0.2, 0.25) is 5.88 Å². The second-order valence-electron chi connectivity index (χ2n) is 4.30. The minimum Gasteiger partial charge on any atom is -0.481 e. The van der Waals surface area contributed by atoms with Crippen LogP contribution in [-0.4, -0.2) is 18.6 Å². The predicted octanol–water partition coefficient (Wildman–Crippen LogP) is 2.70. The lowest BCUT2D eigenvalue weighted by Crippen LogP contribution is -2.23. The van der Waals surface area contributed by atoms with Gasteiger partial charge in [-0.2, -0.15) is 4.98 Å². The van der Waals surface area contributed by atoms with E-state index in [1.54, 1.807) is 7.11 Å². The molecule has 0 fully saturated rings. The molecule has 0 radical (unpaired) electrons. The van der Waals surface area contributed by atoms with Crippen molar-refractivity contribution < 1.29 is 4.74 Å². The van der Waals surface area contributed by atoms with Crippen molar-refractivity contribution in [2.75, 3.05) is 24.3 Å². The van der Waals surface area contributed by atoms with Gasteiger partial charge in [0.25, 0.3) is 0 Å². The number of rotatable bonds is 5. The van der Waals surface area contributed by atoms with Crippen LogP contribution in [0.4, 0.5) is 11.5 Å². The van der Waals surface area contributed by atoms with E-state index in [-0.39, 0.29) is 0 Å². The van der Waals surface area contributed by atoms with Crippen molar-refractivity contribution in [3.63, 3.8) is 0 Å². The molecule has 100 valence electrons. The zero-order valence-electron chi connectivity index (χ0n) is 11.3. The third-order valence-electron chi connectivity index (χ3n) is 2.95. The standard InChI is InChI=1S/C15H19N3O/c1-3-18(11-12-6-4-7-13(16)10-12)14-8-5-9-15(17-14)19-2/h4-10H,3,11,16H2,1-2H3. The molecule has 0 spiro atoms. The van der Waals surface area contributed by atoms with E-state index in [1.165, 1.54) is 5.56 Å². The number of nitrogens with zero attached hydrogens (tertiary/aromatic N) is 2. The van der Waals surface area contributed by atoms with E-state index in [0.29, 0.717) is 5.88 Å². The molecule has 0 bridgehead atoms. The van der Waals surface area contributed by atoms with Crippen LogP contribution in [-0.2, 0) is 6.54 Å². The summed E-state index contributed by atoms with van der Waals surface area (Å²) in [7, 11) is 1.63. The fraction of sp³-hybridized carbons (Fsp3) is 0.267. The average molecular weight is 257 g/mol. The first kappa shape index (κ1) is 13.2. The molecule has 2 N–H and O–H groups in total. The average Bonchev–Trinajstić information content (AvgIpc) is 2.45. The smallest absolute Gasteiger partial charge is 0.214 e. The molecule has 4 heteroatoms. The lowest BCUT2D eigenvalue weighted by molar-refractivity contribution is 0.398. The summed E-state index contributed by atoms with van der Waals surface area (Å²) < 4.78 is 5.16. The Morgan fingerprint density at radius 1 is 1.21 bits per heavy atom. The van der Waals surface area contributed by atoms with Crippen LogP contribution in [0.25, 0.3) is 0 Å². The molecular weight excluding hydrogens is 238 g/mol. The summed E-state index contributed by atoms with van der Waals surface area (Å²) in [4.78, 5) is 6.63. The van der Waals surface area contributed by atoms with Gasteiger partial charge in [-0.25, -0.2) is 0 Å². The molecule has 4 nitrogen and oxygen atoms in total. The molecule has 0 aliphatic rings. The summed E-state index contributed by atoms with van der Waals surface area (Å²) in [5.74, 6) is 1.54. The number of nitrogens with two attached hydrogens (primary N) is 1. The van der Waals surface area contributed by atoms with Crippen LogP contribution in [0.3, 0.4) is 0 Å². The van der Waals surface area contributed by atoms with Crippen molar-refractivity contribution in [2.24, 2.45) is 0 Å². The Balaban J connectivity index is 2.19. The number of anilines is 2. The van der Waals surface area contributed by atoms with Crippen LogP contribution >= 0.6 is 0 Å². The topological polar surface area (TPSA) is 51.4 Å². The zero-order chi connectivity index (χ0) is 13.7. The minimum absolute atomic E-state index is 0.628. The Hall–Kier alpha value is -2.23. The third-order valence-corrected chi connectivity index (χ3v) is 2.95. The Kier molecular flexibility index (Phi) is 4.23. The van der Waals surface area contributed by atoms with Gasteiger partial charge in [-0.15, -0.1) is 0 Å². The Labute approximate surface area is 113 Å². The number of pyridine rings is 1. The lowest BCUT2D eigenvalue weighted by Gasteiger charge is -2.22. The number of hydrogen-bond donors (Lipinski definition) is 1. The normalized spacial score (nSPS) is 10.2. The van der Waals surface area contributed by atoms with Gasteiger partial charge in [0.1, 0.15) is 5.82 Å². The Morgan fingerprint density at radius 2 is 2.00 bits per heavy atom. The highest BCUT2D eigenvalue weighted by atomic mass is 16.5. The largest absolute Gasteiger partial charge is 0.481 e. The van der Waals surface area contributed by atoms with Crippen LogP contribution in [0.5, 0.6) is 5.88 Å². The first-order valence-electron chi connectivity index (χ1n) is 6.33. The first-order chi connectivity index (χ1) is 9.22. The summed E-state index contributed by atoms with van der Waals surface area (Å²) in [5.41, 5.74) is 7.76. The molecule has 1 aromatic heterocycles. The van der Waals surface area contributed by atoms with Crippen molar-refractivity contribution in [1.29, 1.82) is 0 Å². The van der Waals surface area contributed by atoms with E-state index in [9.17, 15) is 0 Å². The summed E-state index contributed by atoms with van der Waals surface area (Å²) in [6.45, 7) is 3.75. The highest BCUT2D eigenvalue weighted by molar-refractivity contribution is 5.45. The van der Waals surface area contributed by atoms with E-state index in [0.717, 1.165) is 24.6 Å². The van der Waals surface area contributed by atoms with E-state index in [1.807, 2.05) is 36.4 Å². The maximum atomic E-state index is 5.81. The number of ether oxygens (including phenoxy) is 1. The van der Waals surface area contributed by atoms with Gasteiger partial charge >= 0.3 is 0 Å². The SMILES string of the molecule is CCN(Cc1cccc(N)c1)c1cccc(OC)n1. The van der Waals surface area contributed by atoms with Crippen LogP contribution in [0.2, 0.25) is 0 Å². The number of nitrogen functional groups attached to an aromatic ring is 1. The molecule has 2 rings (SSSR count). The monoisotopic (exact) mass is 257 g/mol. The van der Waals surface area contributed by atoms with Gasteiger partial charge in [0.15, 0.2) is 0 Å². The van der Waals surface area contributed by atoms with Crippen molar-refractivity contribution in [3.8, 4) is 5.88 Å². The molecule has 1 aromatic carbocycles. The van der Waals surface area contributed by atoms with Gasteiger partial charge in [0, 0.05) is 24.8 Å². The van der Waals surface area contributed by atoms with Crippen LogP contribution in [0.15, 0.2) is 42.5 Å². The second kappa shape index (κ2) is 6.09. The number of methoxy groups -OCH3 is 1. The fourth-order valence-electron chi connectivity index (χ4n) is 1.96. The van der Waals surface area contributed by atoms with Crippen molar-refractivity contribution in [3.05, 3.63) is 48.0 Å². The van der Waals surface area contributed by atoms with Crippen molar-refractivity contribution >= 4 is 11.5 Å². The number of benzene rings is 1. The van der Waals surface area contributed by atoms with Gasteiger partial charge < -0.3 is 15.4 Å². The third kappa shape index (κ3) is 3.37. The minimum atomic E-state index is 0.628. The quantitative estimate of drug-likeness (QED) is 0.837.